The van der Waals surface area contributed by atoms with Crippen molar-refractivity contribution < 1.29 is 14.4 Å². The van der Waals surface area contributed by atoms with Crippen molar-refractivity contribution in [3.8, 4) is 0 Å². The zero-order valence-corrected chi connectivity index (χ0v) is 13.7. The molecule has 0 spiro atoms. The van der Waals surface area contributed by atoms with Crippen molar-refractivity contribution >= 4 is 17.0 Å². The lowest BCUT2D eigenvalue weighted by molar-refractivity contribution is 0.0917. The number of fused-ring (bicyclic) bond motifs is 1. The van der Waals surface area contributed by atoms with Gasteiger partial charge in [-0.25, -0.2) is 4.98 Å². The van der Waals surface area contributed by atoms with Crippen molar-refractivity contribution in [2.24, 2.45) is 5.92 Å². The first kappa shape index (κ1) is 16.4. The van der Waals surface area contributed by atoms with Gasteiger partial charge in [0.15, 0.2) is 0 Å². The number of aliphatic hydroxyl groups is 1. The van der Waals surface area contributed by atoms with Gasteiger partial charge in [0, 0.05) is 18.3 Å². The lowest BCUT2D eigenvalue weighted by atomic mass is 10.0. The Labute approximate surface area is 129 Å². The Hall–Kier alpha value is -1.95. The van der Waals surface area contributed by atoms with E-state index in [1.807, 2.05) is 27.7 Å². The van der Waals surface area contributed by atoms with Gasteiger partial charge in [-0.15, -0.1) is 0 Å². The Morgan fingerprint density at radius 3 is 2.64 bits per heavy atom. The van der Waals surface area contributed by atoms with Crippen LogP contribution >= 0.6 is 0 Å². The molecule has 0 fully saturated rings. The summed E-state index contributed by atoms with van der Waals surface area (Å²) in [4.78, 5) is 17.0. The number of amides is 1. The van der Waals surface area contributed by atoms with Crippen LogP contribution in [0, 0.1) is 12.8 Å². The van der Waals surface area contributed by atoms with Gasteiger partial charge in [-0.2, -0.15) is 0 Å². The molecule has 0 saturated heterocycles. The number of aromatic nitrogens is 2. The Balaban J connectivity index is 2.44. The second kappa shape index (κ2) is 6.44. The van der Waals surface area contributed by atoms with Crippen molar-refractivity contribution in [1.29, 1.82) is 0 Å². The highest BCUT2D eigenvalue weighted by Gasteiger charge is 2.22. The van der Waals surface area contributed by atoms with Gasteiger partial charge in [0.1, 0.15) is 0 Å². The van der Waals surface area contributed by atoms with Crippen molar-refractivity contribution in [3.05, 3.63) is 23.0 Å². The molecule has 0 aliphatic heterocycles. The Morgan fingerprint density at radius 2 is 2.05 bits per heavy atom. The maximum absolute atomic E-state index is 12.6. The smallest absolute Gasteiger partial charge is 0.259 e. The highest BCUT2D eigenvalue weighted by Crippen LogP contribution is 2.25. The van der Waals surface area contributed by atoms with Gasteiger partial charge in [0.05, 0.1) is 16.6 Å². The summed E-state index contributed by atoms with van der Waals surface area (Å²) in [5.74, 6) is -0.0436. The molecule has 22 heavy (non-hydrogen) atoms. The highest BCUT2D eigenvalue weighted by molar-refractivity contribution is 6.06. The Morgan fingerprint density at radius 1 is 1.36 bits per heavy atom. The van der Waals surface area contributed by atoms with Gasteiger partial charge in [-0.3, -0.25) is 4.79 Å². The predicted molar refractivity (Wildman–Crippen MR) is 83.8 cm³/mol. The maximum Gasteiger partial charge on any atom is 0.259 e. The molecule has 2 heterocycles. The predicted octanol–water partition coefficient (Wildman–Crippen LogP) is 2.40. The number of carbonyl (C=O) groups is 1. The van der Waals surface area contributed by atoms with Crippen molar-refractivity contribution in [3.63, 3.8) is 0 Å². The van der Waals surface area contributed by atoms with E-state index in [0.717, 1.165) is 5.69 Å². The normalized spacial score (nSPS) is 14.3. The second-order valence-corrected chi connectivity index (χ2v) is 6.12. The van der Waals surface area contributed by atoms with Crippen molar-refractivity contribution in [1.82, 2.24) is 15.5 Å². The minimum atomic E-state index is -0.201. The fourth-order valence-corrected chi connectivity index (χ4v) is 2.17. The van der Waals surface area contributed by atoms with Gasteiger partial charge in [-0.1, -0.05) is 25.9 Å². The molecule has 2 aromatic heterocycles. The number of rotatable bonds is 5. The second-order valence-electron chi connectivity index (χ2n) is 6.12. The van der Waals surface area contributed by atoms with Crippen LogP contribution in [0.2, 0.25) is 0 Å². The zero-order valence-electron chi connectivity index (χ0n) is 13.7. The van der Waals surface area contributed by atoms with Gasteiger partial charge in [-0.05, 0) is 31.7 Å². The highest BCUT2D eigenvalue weighted by atomic mass is 16.5. The molecule has 2 atom stereocenters. The SMILES string of the molecule is Cc1noc2nc(C(C)C)cc(C(=O)NC(C)C(C)CO)c12. The molecule has 0 radical (unpaired) electrons. The fraction of sp³-hybridized carbons (Fsp3) is 0.562. The number of hydrogen-bond acceptors (Lipinski definition) is 5. The molecule has 2 N–H and O–H groups in total. The third-order valence-electron chi connectivity index (χ3n) is 3.97. The van der Waals surface area contributed by atoms with Crippen molar-refractivity contribution in [2.45, 2.75) is 46.6 Å². The Kier molecular flexibility index (Phi) is 4.81. The molecule has 120 valence electrons. The first-order valence-electron chi connectivity index (χ1n) is 7.53. The van der Waals surface area contributed by atoms with E-state index in [9.17, 15) is 9.90 Å². The molecule has 1 amide bonds. The summed E-state index contributed by atoms with van der Waals surface area (Å²) in [5.41, 5.74) is 2.34. The number of aryl methyl sites for hydroxylation is 1. The van der Waals surface area contributed by atoms with Crippen LogP contribution in [0.25, 0.3) is 11.1 Å². The number of pyridine rings is 1. The van der Waals surface area contributed by atoms with Crippen LogP contribution in [0.5, 0.6) is 0 Å². The number of aliphatic hydroxyl groups excluding tert-OH is 1. The van der Waals surface area contributed by atoms with Crippen LogP contribution in [0.1, 0.15) is 55.4 Å². The molecule has 6 nitrogen and oxygen atoms in total. The fourth-order valence-electron chi connectivity index (χ4n) is 2.17. The average molecular weight is 305 g/mol. The maximum atomic E-state index is 12.6. The van der Waals surface area contributed by atoms with E-state index in [1.165, 1.54) is 0 Å². The number of nitrogens with one attached hydrogen (secondary N) is 1. The largest absolute Gasteiger partial charge is 0.396 e. The molecule has 0 saturated carbocycles. The lowest BCUT2D eigenvalue weighted by Gasteiger charge is -2.19. The molecule has 2 unspecified atom stereocenters. The van der Waals surface area contributed by atoms with E-state index in [1.54, 1.807) is 13.0 Å². The quantitative estimate of drug-likeness (QED) is 0.885. The van der Waals surface area contributed by atoms with Gasteiger partial charge in [0.2, 0.25) is 0 Å². The van der Waals surface area contributed by atoms with Crippen LogP contribution in [0.3, 0.4) is 0 Å². The topological polar surface area (TPSA) is 88.2 Å². The molecule has 0 aliphatic rings. The molecule has 2 aromatic rings. The van der Waals surface area contributed by atoms with Gasteiger partial charge >= 0.3 is 0 Å². The monoisotopic (exact) mass is 305 g/mol. The van der Waals surface area contributed by atoms with E-state index in [0.29, 0.717) is 22.4 Å². The van der Waals surface area contributed by atoms with Crippen LogP contribution < -0.4 is 5.32 Å². The third-order valence-corrected chi connectivity index (χ3v) is 3.97. The number of carbonyl (C=O) groups excluding carboxylic acids is 1. The van der Waals surface area contributed by atoms with E-state index < -0.39 is 0 Å². The first-order chi connectivity index (χ1) is 10.3. The van der Waals surface area contributed by atoms with Crippen LogP contribution in [0.15, 0.2) is 10.6 Å². The summed E-state index contributed by atoms with van der Waals surface area (Å²) in [6.07, 6.45) is 0. The van der Waals surface area contributed by atoms with Crippen LogP contribution in [0.4, 0.5) is 0 Å². The standard InChI is InChI=1S/C16H23N3O3/c1-8(2)13-6-12(14-11(5)19-22-16(14)18-13)15(21)17-10(4)9(3)7-20/h6,8-10,20H,7H2,1-5H3,(H,17,21). The summed E-state index contributed by atoms with van der Waals surface area (Å²) >= 11 is 0. The summed E-state index contributed by atoms with van der Waals surface area (Å²) in [5, 5.41) is 16.7. The summed E-state index contributed by atoms with van der Waals surface area (Å²) < 4.78 is 5.22. The van der Waals surface area contributed by atoms with E-state index in [4.69, 9.17) is 4.52 Å². The summed E-state index contributed by atoms with van der Waals surface area (Å²) in [6.45, 7) is 9.60. The zero-order chi connectivity index (χ0) is 16.4. The Bertz CT molecular complexity index is 679. The van der Waals surface area contributed by atoms with Gasteiger partial charge in [0.25, 0.3) is 11.6 Å². The first-order valence-corrected chi connectivity index (χ1v) is 7.53. The lowest BCUT2D eigenvalue weighted by Crippen LogP contribution is -2.38. The molecule has 0 bridgehead atoms. The molecule has 2 rings (SSSR count). The molecular weight excluding hydrogens is 282 g/mol. The van der Waals surface area contributed by atoms with Crippen molar-refractivity contribution in [2.75, 3.05) is 6.61 Å². The molecule has 0 aromatic carbocycles. The van der Waals surface area contributed by atoms with E-state index in [-0.39, 0.29) is 30.4 Å². The number of nitrogens with zero attached hydrogens (tertiary/aromatic N) is 2. The average Bonchev–Trinajstić information content (AvgIpc) is 2.86. The van der Waals surface area contributed by atoms with Crippen LogP contribution in [-0.2, 0) is 0 Å². The molecular formula is C16H23N3O3. The third kappa shape index (κ3) is 3.11. The summed E-state index contributed by atoms with van der Waals surface area (Å²) in [7, 11) is 0. The molecule has 0 aliphatic carbocycles. The van der Waals surface area contributed by atoms with E-state index in [2.05, 4.69) is 15.5 Å². The number of hydrogen-bond donors (Lipinski definition) is 2. The molecule has 6 heteroatoms. The van der Waals surface area contributed by atoms with Crippen LogP contribution in [-0.4, -0.2) is 33.8 Å². The van der Waals surface area contributed by atoms with Gasteiger partial charge < -0.3 is 14.9 Å². The minimum absolute atomic E-state index is 0.0191. The summed E-state index contributed by atoms with van der Waals surface area (Å²) in [6, 6.07) is 1.66. The van der Waals surface area contributed by atoms with E-state index >= 15 is 0 Å². The minimum Gasteiger partial charge on any atom is -0.396 e.